The molecule has 0 saturated carbocycles. The number of nitrogens with zero attached hydrogens (tertiary/aromatic N) is 2. The minimum absolute atomic E-state index is 0.0559. The summed E-state index contributed by atoms with van der Waals surface area (Å²) < 4.78 is 5.60. The van der Waals surface area contributed by atoms with Crippen LogP contribution in [-0.2, 0) is 16.0 Å². The molecule has 1 N–H and O–H groups in total. The first-order chi connectivity index (χ1) is 11.9. The fourth-order valence-electron chi connectivity index (χ4n) is 3.35. The number of anilines is 1. The molecule has 1 atom stereocenters. The van der Waals surface area contributed by atoms with Crippen LogP contribution in [0.4, 0.5) is 5.69 Å². The number of carbonyl (C=O) groups excluding carboxylic acids is 2. The monoisotopic (exact) mass is 343 g/mol. The van der Waals surface area contributed by atoms with E-state index in [1.807, 2.05) is 39.0 Å². The van der Waals surface area contributed by atoms with Gasteiger partial charge in [-0.2, -0.15) is 0 Å². The number of aromatic nitrogens is 1. The van der Waals surface area contributed by atoms with Gasteiger partial charge in [0.25, 0.3) is 0 Å². The third-order valence-electron chi connectivity index (χ3n) is 4.89. The number of carbonyl (C=O) groups is 2. The molecule has 1 aromatic heterocycles. The van der Waals surface area contributed by atoms with Crippen molar-refractivity contribution in [3.05, 3.63) is 24.1 Å². The summed E-state index contributed by atoms with van der Waals surface area (Å²) in [5.41, 5.74) is 1.59. The molecule has 1 saturated heterocycles. The van der Waals surface area contributed by atoms with Gasteiger partial charge in [0.05, 0.1) is 5.41 Å². The first-order valence-corrected chi connectivity index (χ1v) is 8.94. The molecule has 0 spiro atoms. The van der Waals surface area contributed by atoms with Crippen molar-refractivity contribution in [1.29, 1.82) is 0 Å². The molecule has 1 aliphatic rings. The van der Waals surface area contributed by atoms with Crippen molar-refractivity contribution < 1.29 is 14.0 Å². The second-order valence-corrected chi connectivity index (χ2v) is 6.93. The Labute approximate surface area is 147 Å². The smallest absolute Gasteiger partial charge is 0.232 e. The van der Waals surface area contributed by atoms with E-state index in [0.29, 0.717) is 24.5 Å². The highest BCUT2D eigenvalue weighted by Gasteiger charge is 2.39. The number of piperidine rings is 1. The Hall–Kier alpha value is -2.37. The molecule has 0 bridgehead atoms. The summed E-state index contributed by atoms with van der Waals surface area (Å²) >= 11 is 0. The molecule has 1 fully saturated rings. The van der Waals surface area contributed by atoms with Crippen molar-refractivity contribution in [2.24, 2.45) is 5.41 Å². The summed E-state index contributed by atoms with van der Waals surface area (Å²) in [7, 11) is 0. The number of fused-ring (bicyclic) bond motifs is 1. The number of benzene rings is 1. The number of rotatable bonds is 4. The molecule has 2 aromatic rings. The maximum absolute atomic E-state index is 12.9. The average molecular weight is 343 g/mol. The van der Waals surface area contributed by atoms with Crippen LogP contribution in [0.2, 0.25) is 0 Å². The molecule has 134 valence electrons. The first-order valence-electron chi connectivity index (χ1n) is 8.94. The van der Waals surface area contributed by atoms with Crippen LogP contribution in [0, 0.1) is 5.41 Å². The molecule has 0 radical (unpaired) electrons. The molecule has 2 amide bonds. The fourth-order valence-corrected chi connectivity index (χ4v) is 3.35. The van der Waals surface area contributed by atoms with Crippen LogP contribution in [0.25, 0.3) is 11.1 Å². The van der Waals surface area contributed by atoms with E-state index >= 15 is 0 Å². The second kappa shape index (κ2) is 6.86. The second-order valence-electron chi connectivity index (χ2n) is 6.93. The summed E-state index contributed by atoms with van der Waals surface area (Å²) in [5, 5.41) is 2.99. The third-order valence-corrected chi connectivity index (χ3v) is 4.89. The van der Waals surface area contributed by atoms with Gasteiger partial charge in [0.15, 0.2) is 11.5 Å². The SMILES string of the molecule is CCC(=O)N1CCCC(C)(C(=O)Nc2ccc3oc(CC)nc3c2)C1. The van der Waals surface area contributed by atoms with Crippen LogP contribution in [0.5, 0.6) is 0 Å². The zero-order valence-electron chi connectivity index (χ0n) is 15.1. The number of aryl methyl sites for hydroxylation is 1. The van der Waals surface area contributed by atoms with Gasteiger partial charge in [-0.15, -0.1) is 0 Å². The number of hydrogen-bond acceptors (Lipinski definition) is 4. The number of nitrogens with one attached hydrogen (secondary N) is 1. The Bertz CT molecular complexity index is 798. The van der Waals surface area contributed by atoms with Gasteiger partial charge in [-0.05, 0) is 38.0 Å². The lowest BCUT2D eigenvalue weighted by molar-refractivity contribution is -0.138. The molecule has 3 rings (SSSR count). The van der Waals surface area contributed by atoms with Crippen molar-refractivity contribution in [1.82, 2.24) is 9.88 Å². The lowest BCUT2D eigenvalue weighted by Gasteiger charge is -2.39. The maximum atomic E-state index is 12.9. The summed E-state index contributed by atoms with van der Waals surface area (Å²) in [6.45, 7) is 6.98. The highest BCUT2D eigenvalue weighted by molar-refractivity contribution is 5.97. The molecule has 0 aliphatic carbocycles. The van der Waals surface area contributed by atoms with Gasteiger partial charge in [0, 0.05) is 31.6 Å². The fraction of sp³-hybridized carbons (Fsp3) is 0.526. The van der Waals surface area contributed by atoms with Crippen LogP contribution in [0.15, 0.2) is 22.6 Å². The topological polar surface area (TPSA) is 75.4 Å². The van der Waals surface area contributed by atoms with Crippen LogP contribution in [0.3, 0.4) is 0 Å². The van der Waals surface area contributed by atoms with Crippen molar-refractivity contribution in [3.8, 4) is 0 Å². The highest BCUT2D eigenvalue weighted by atomic mass is 16.3. The largest absolute Gasteiger partial charge is 0.441 e. The van der Waals surface area contributed by atoms with Crippen LogP contribution >= 0.6 is 0 Å². The van der Waals surface area contributed by atoms with Crippen LogP contribution in [0.1, 0.15) is 45.9 Å². The Morgan fingerprint density at radius 3 is 2.88 bits per heavy atom. The summed E-state index contributed by atoms with van der Waals surface area (Å²) in [6.07, 6.45) is 2.83. The van der Waals surface area contributed by atoms with Crippen molar-refractivity contribution in [2.75, 3.05) is 18.4 Å². The number of hydrogen-bond donors (Lipinski definition) is 1. The van der Waals surface area contributed by atoms with E-state index in [4.69, 9.17) is 4.42 Å². The lowest BCUT2D eigenvalue weighted by Crippen LogP contribution is -2.50. The number of likely N-dealkylation sites (tertiary alicyclic amines) is 1. The summed E-state index contributed by atoms with van der Waals surface area (Å²) in [4.78, 5) is 31.0. The minimum atomic E-state index is -0.573. The summed E-state index contributed by atoms with van der Waals surface area (Å²) in [6, 6.07) is 5.48. The summed E-state index contributed by atoms with van der Waals surface area (Å²) in [5.74, 6) is 0.737. The Morgan fingerprint density at radius 2 is 2.16 bits per heavy atom. The molecule has 1 unspecified atom stereocenters. The van der Waals surface area contributed by atoms with E-state index in [-0.39, 0.29) is 11.8 Å². The van der Waals surface area contributed by atoms with Gasteiger partial charge in [-0.25, -0.2) is 4.98 Å². The number of amides is 2. The molecular formula is C19H25N3O3. The van der Waals surface area contributed by atoms with E-state index in [1.165, 1.54) is 0 Å². The van der Waals surface area contributed by atoms with Gasteiger partial charge in [-0.3, -0.25) is 9.59 Å². The van der Waals surface area contributed by atoms with Gasteiger partial charge < -0.3 is 14.6 Å². The Kier molecular flexibility index (Phi) is 4.79. The first kappa shape index (κ1) is 17.5. The molecule has 25 heavy (non-hydrogen) atoms. The molecule has 6 nitrogen and oxygen atoms in total. The molecule has 1 aromatic carbocycles. The predicted octanol–water partition coefficient (Wildman–Crippen LogP) is 3.37. The molecular weight excluding hydrogens is 318 g/mol. The standard InChI is InChI=1S/C19H25N3O3/c1-4-16-21-14-11-13(7-8-15(14)25-16)20-18(24)19(3)9-6-10-22(12-19)17(23)5-2/h7-8,11H,4-6,9-10,12H2,1-3H3,(H,20,24). The molecule has 6 heteroatoms. The van der Waals surface area contributed by atoms with Crippen molar-refractivity contribution in [3.63, 3.8) is 0 Å². The Morgan fingerprint density at radius 1 is 1.36 bits per heavy atom. The predicted molar refractivity (Wildman–Crippen MR) is 96.2 cm³/mol. The van der Waals surface area contributed by atoms with Crippen LogP contribution in [-0.4, -0.2) is 34.8 Å². The van der Waals surface area contributed by atoms with Gasteiger partial charge in [0.2, 0.25) is 11.8 Å². The average Bonchev–Trinajstić information content (AvgIpc) is 3.03. The van der Waals surface area contributed by atoms with Crippen LogP contribution < -0.4 is 5.32 Å². The van der Waals surface area contributed by atoms with E-state index in [0.717, 1.165) is 36.9 Å². The normalized spacial score (nSPS) is 20.7. The third kappa shape index (κ3) is 3.52. The number of oxazole rings is 1. The van der Waals surface area contributed by atoms with Gasteiger partial charge in [-0.1, -0.05) is 13.8 Å². The zero-order chi connectivity index (χ0) is 18.0. The lowest BCUT2D eigenvalue weighted by atomic mass is 9.80. The van der Waals surface area contributed by atoms with Crippen molar-refractivity contribution >= 4 is 28.6 Å². The minimum Gasteiger partial charge on any atom is -0.441 e. The van der Waals surface area contributed by atoms with Gasteiger partial charge in [0.1, 0.15) is 5.52 Å². The maximum Gasteiger partial charge on any atom is 0.232 e. The van der Waals surface area contributed by atoms with Crippen molar-refractivity contribution in [2.45, 2.75) is 46.5 Å². The zero-order valence-corrected chi connectivity index (χ0v) is 15.1. The van der Waals surface area contributed by atoms with E-state index in [1.54, 1.807) is 4.90 Å². The van der Waals surface area contributed by atoms with E-state index in [9.17, 15) is 9.59 Å². The van der Waals surface area contributed by atoms with E-state index < -0.39 is 5.41 Å². The van der Waals surface area contributed by atoms with E-state index in [2.05, 4.69) is 10.3 Å². The van der Waals surface area contributed by atoms with Gasteiger partial charge >= 0.3 is 0 Å². The highest BCUT2D eigenvalue weighted by Crippen LogP contribution is 2.32. The Balaban J connectivity index is 1.75. The molecule has 1 aliphatic heterocycles. The molecule has 2 heterocycles. The quantitative estimate of drug-likeness (QED) is 0.923.